The first-order valence-electron chi connectivity index (χ1n) is 13.6. The number of nitrogens with zero attached hydrogens (tertiary/aromatic N) is 2. The van der Waals surface area contributed by atoms with Gasteiger partial charge in [0.2, 0.25) is 11.8 Å². The Balaban J connectivity index is 2.03. The first-order chi connectivity index (χ1) is 19.2. The largest absolute Gasteiger partial charge is 0.497 e. The van der Waals surface area contributed by atoms with E-state index < -0.39 is 28.5 Å². The Hall–Kier alpha value is -3.85. The highest BCUT2D eigenvalue weighted by Gasteiger charge is 2.34. The van der Waals surface area contributed by atoms with Gasteiger partial charge in [0.25, 0.3) is 10.0 Å². The molecule has 0 heterocycles. The van der Waals surface area contributed by atoms with Crippen molar-refractivity contribution in [3.8, 4) is 5.75 Å². The molecule has 9 heteroatoms. The molecule has 0 fully saturated rings. The van der Waals surface area contributed by atoms with Crippen LogP contribution >= 0.6 is 0 Å². The molecule has 0 aliphatic heterocycles. The van der Waals surface area contributed by atoms with E-state index in [1.165, 1.54) is 17.0 Å². The van der Waals surface area contributed by atoms with Crippen LogP contribution in [0.1, 0.15) is 44.2 Å². The first kappa shape index (κ1) is 30.7. The minimum Gasteiger partial charge on any atom is -0.497 e. The smallest absolute Gasteiger partial charge is 0.264 e. The van der Waals surface area contributed by atoms with Gasteiger partial charge in [0, 0.05) is 13.1 Å². The second-order valence-corrected chi connectivity index (χ2v) is 11.4. The van der Waals surface area contributed by atoms with Crippen molar-refractivity contribution in [2.75, 3.05) is 24.5 Å². The van der Waals surface area contributed by atoms with Crippen molar-refractivity contribution in [3.05, 3.63) is 90.0 Å². The lowest BCUT2D eigenvalue weighted by Crippen LogP contribution is -2.52. The molecule has 0 saturated heterocycles. The molecule has 0 bridgehead atoms. The number of sulfonamides is 1. The van der Waals surface area contributed by atoms with Crippen molar-refractivity contribution in [3.63, 3.8) is 0 Å². The number of anilines is 1. The molecule has 0 aromatic heterocycles. The number of hydrogen-bond donors (Lipinski definition) is 1. The van der Waals surface area contributed by atoms with Gasteiger partial charge in [-0.2, -0.15) is 0 Å². The third-order valence-corrected chi connectivity index (χ3v) is 8.50. The van der Waals surface area contributed by atoms with Crippen LogP contribution in [0.25, 0.3) is 0 Å². The highest BCUT2D eigenvalue weighted by molar-refractivity contribution is 7.92. The van der Waals surface area contributed by atoms with Gasteiger partial charge in [0.15, 0.2) is 0 Å². The molecule has 0 saturated carbocycles. The summed E-state index contributed by atoms with van der Waals surface area (Å²) in [5.41, 5.74) is 1.91. The molecular weight excluding hydrogens is 526 g/mol. The van der Waals surface area contributed by atoms with Crippen LogP contribution in [0, 0.1) is 6.92 Å². The second-order valence-electron chi connectivity index (χ2n) is 9.55. The van der Waals surface area contributed by atoms with E-state index in [0.29, 0.717) is 30.0 Å². The number of unbranched alkanes of at least 4 members (excludes halogenated alkanes) is 1. The summed E-state index contributed by atoms with van der Waals surface area (Å²) in [6.07, 6.45) is 2.12. The molecule has 3 rings (SSSR count). The number of para-hydroxylation sites is 1. The molecule has 3 aromatic rings. The summed E-state index contributed by atoms with van der Waals surface area (Å²) in [7, 11) is -2.51. The van der Waals surface area contributed by atoms with E-state index in [1.807, 2.05) is 32.0 Å². The van der Waals surface area contributed by atoms with E-state index in [1.54, 1.807) is 62.6 Å². The highest BCUT2D eigenvalue weighted by atomic mass is 32.2. The minimum atomic E-state index is -4.09. The number of carbonyl (C=O) groups excluding carboxylic acids is 2. The first-order valence-corrected chi connectivity index (χ1v) is 15.0. The molecule has 0 aliphatic rings. The normalized spacial score (nSPS) is 11.9. The standard InChI is InChI=1S/C31H39N3O5S/c1-5-7-21-32-31(36)28(6-2)33(22-25-17-19-26(39-4)20-18-25)30(35)23-34(29-16-12-11-13-24(29)3)40(37,38)27-14-9-8-10-15-27/h8-20,28H,5-7,21-23H2,1-4H3,(H,32,36). The SMILES string of the molecule is CCCCNC(=O)C(CC)N(Cc1ccc(OC)cc1)C(=O)CN(c1ccccc1C)S(=O)(=O)c1ccccc1. The van der Waals surface area contributed by atoms with Crippen LogP contribution in [0.2, 0.25) is 0 Å². The fraction of sp³-hybridized carbons (Fsp3) is 0.355. The van der Waals surface area contributed by atoms with E-state index >= 15 is 0 Å². The summed E-state index contributed by atoms with van der Waals surface area (Å²) in [5.74, 6) is -0.0621. The summed E-state index contributed by atoms with van der Waals surface area (Å²) in [6, 6.07) is 21.6. The molecule has 2 amide bonds. The molecule has 1 N–H and O–H groups in total. The van der Waals surface area contributed by atoms with Crippen LogP contribution in [-0.4, -0.2) is 51.4 Å². The third kappa shape index (κ3) is 7.63. The van der Waals surface area contributed by atoms with Crippen molar-refractivity contribution < 1.29 is 22.7 Å². The van der Waals surface area contributed by atoms with Crippen molar-refractivity contribution in [2.24, 2.45) is 0 Å². The van der Waals surface area contributed by atoms with Crippen LogP contribution in [0.4, 0.5) is 5.69 Å². The van der Waals surface area contributed by atoms with Gasteiger partial charge in [-0.05, 0) is 61.2 Å². The number of amides is 2. The van der Waals surface area contributed by atoms with Gasteiger partial charge in [-0.1, -0.05) is 68.8 Å². The number of methoxy groups -OCH3 is 1. The topological polar surface area (TPSA) is 96.0 Å². The molecule has 0 radical (unpaired) electrons. The summed E-state index contributed by atoms with van der Waals surface area (Å²) < 4.78 is 34.2. The van der Waals surface area contributed by atoms with Gasteiger partial charge >= 0.3 is 0 Å². The van der Waals surface area contributed by atoms with Crippen LogP contribution in [0.3, 0.4) is 0 Å². The van der Waals surface area contributed by atoms with Crippen molar-refractivity contribution in [1.29, 1.82) is 0 Å². The van der Waals surface area contributed by atoms with Gasteiger partial charge in [-0.25, -0.2) is 8.42 Å². The molecule has 40 heavy (non-hydrogen) atoms. The van der Waals surface area contributed by atoms with Gasteiger partial charge < -0.3 is 15.0 Å². The van der Waals surface area contributed by atoms with Gasteiger partial charge in [-0.15, -0.1) is 0 Å². The molecule has 1 unspecified atom stereocenters. The maximum atomic E-state index is 14.1. The highest BCUT2D eigenvalue weighted by Crippen LogP contribution is 2.27. The average molecular weight is 566 g/mol. The van der Waals surface area contributed by atoms with Crippen LogP contribution < -0.4 is 14.4 Å². The number of aryl methyl sites for hydroxylation is 1. The molecule has 0 aliphatic carbocycles. The molecule has 0 spiro atoms. The zero-order valence-electron chi connectivity index (χ0n) is 23.7. The number of hydrogen-bond acceptors (Lipinski definition) is 5. The van der Waals surface area contributed by atoms with Crippen molar-refractivity contribution in [2.45, 2.75) is 57.5 Å². The van der Waals surface area contributed by atoms with E-state index in [4.69, 9.17) is 4.74 Å². The van der Waals surface area contributed by atoms with E-state index in [-0.39, 0.29) is 17.3 Å². The Bertz CT molecular complexity index is 1360. The molecule has 3 aromatic carbocycles. The number of benzene rings is 3. The monoisotopic (exact) mass is 565 g/mol. The van der Waals surface area contributed by atoms with E-state index in [0.717, 1.165) is 22.7 Å². The van der Waals surface area contributed by atoms with Gasteiger partial charge in [0.05, 0.1) is 17.7 Å². The van der Waals surface area contributed by atoms with Crippen molar-refractivity contribution in [1.82, 2.24) is 10.2 Å². The van der Waals surface area contributed by atoms with E-state index in [2.05, 4.69) is 5.32 Å². The Morgan fingerprint density at radius 1 is 0.925 bits per heavy atom. The summed E-state index contributed by atoms with van der Waals surface area (Å²) in [6.45, 7) is 5.87. The van der Waals surface area contributed by atoms with Gasteiger partial charge in [-0.3, -0.25) is 13.9 Å². The fourth-order valence-corrected chi connectivity index (χ4v) is 5.93. The third-order valence-electron chi connectivity index (χ3n) is 6.72. The number of carbonyl (C=O) groups is 2. The summed E-state index contributed by atoms with van der Waals surface area (Å²) in [5, 5.41) is 2.94. The lowest BCUT2D eigenvalue weighted by molar-refractivity contribution is -0.140. The summed E-state index contributed by atoms with van der Waals surface area (Å²) in [4.78, 5) is 28.9. The summed E-state index contributed by atoms with van der Waals surface area (Å²) >= 11 is 0. The number of ether oxygens (including phenoxy) is 1. The Morgan fingerprint density at radius 3 is 2.17 bits per heavy atom. The quantitative estimate of drug-likeness (QED) is 0.280. The Labute approximate surface area is 238 Å². The molecule has 1 atom stereocenters. The zero-order chi connectivity index (χ0) is 29.1. The number of rotatable bonds is 14. The maximum Gasteiger partial charge on any atom is 0.264 e. The molecule has 8 nitrogen and oxygen atoms in total. The van der Waals surface area contributed by atoms with Gasteiger partial charge in [0.1, 0.15) is 18.3 Å². The molecular formula is C31H39N3O5S. The van der Waals surface area contributed by atoms with Crippen molar-refractivity contribution >= 4 is 27.5 Å². The molecule has 214 valence electrons. The minimum absolute atomic E-state index is 0.0807. The lowest BCUT2D eigenvalue weighted by Gasteiger charge is -2.33. The van der Waals surface area contributed by atoms with Crippen LogP contribution in [0.5, 0.6) is 5.75 Å². The predicted molar refractivity (Wildman–Crippen MR) is 158 cm³/mol. The fourth-order valence-electron chi connectivity index (χ4n) is 4.43. The Morgan fingerprint density at radius 2 is 1.57 bits per heavy atom. The number of nitrogens with one attached hydrogen (secondary N) is 1. The second kappa shape index (κ2) is 14.5. The average Bonchev–Trinajstić information content (AvgIpc) is 2.97. The zero-order valence-corrected chi connectivity index (χ0v) is 24.5. The van der Waals surface area contributed by atoms with Crippen LogP contribution in [0.15, 0.2) is 83.8 Å². The predicted octanol–water partition coefficient (Wildman–Crippen LogP) is 4.92. The van der Waals surface area contributed by atoms with E-state index in [9.17, 15) is 18.0 Å². The Kier molecular flexibility index (Phi) is 11.1. The lowest BCUT2D eigenvalue weighted by atomic mass is 10.1. The van der Waals surface area contributed by atoms with Crippen LogP contribution in [-0.2, 0) is 26.2 Å². The maximum absolute atomic E-state index is 14.1.